The molecule has 4 aromatic rings. The predicted octanol–water partition coefficient (Wildman–Crippen LogP) is 6.03. The number of nitrogens with zero attached hydrogens (tertiary/aromatic N) is 2. The molecule has 0 radical (unpaired) electrons. The number of hydrogen-bond acceptors (Lipinski definition) is 6. The minimum atomic E-state index is -4.64. The second kappa shape index (κ2) is 10.6. The van der Waals surface area contributed by atoms with Crippen LogP contribution in [-0.2, 0) is 22.1 Å². The van der Waals surface area contributed by atoms with Crippen molar-refractivity contribution in [3.05, 3.63) is 89.1 Å². The van der Waals surface area contributed by atoms with E-state index in [2.05, 4.69) is 0 Å². The lowest BCUT2D eigenvalue weighted by Gasteiger charge is -2.18. The zero-order chi connectivity index (χ0) is 28.7. The summed E-state index contributed by atoms with van der Waals surface area (Å²) in [7, 11) is 0. The Hall–Kier alpha value is -3.88. The second-order valence-electron chi connectivity index (χ2n) is 10.0. The maximum Gasteiger partial charge on any atom is 0.417 e. The molecular formula is C30H27F3N2O5. The Labute approximate surface area is 228 Å². The number of halogens is 3. The summed E-state index contributed by atoms with van der Waals surface area (Å²) >= 11 is 0. The van der Waals surface area contributed by atoms with E-state index in [1.807, 2.05) is 42.8 Å². The van der Waals surface area contributed by atoms with Gasteiger partial charge in [-0.1, -0.05) is 12.1 Å². The van der Waals surface area contributed by atoms with Gasteiger partial charge < -0.3 is 29.0 Å². The zero-order valence-electron chi connectivity index (χ0n) is 21.8. The van der Waals surface area contributed by atoms with Crippen LogP contribution < -0.4 is 4.74 Å². The van der Waals surface area contributed by atoms with Gasteiger partial charge in [0.1, 0.15) is 17.6 Å². The predicted molar refractivity (Wildman–Crippen MR) is 140 cm³/mol. The molecule has 10 heteroatoms. The van der Waals surface area contributed by atoms with Crippen molar-refractivity contribution in [1.29, 1.82) is 5.26 Å². The molecule has 0 unspecified atom stereocenters. The number of benzene rings is 3. The zero-order valence-corrected chi connectivity index (χ0v) is 21.8. The number of aliphatic hydroxyl groups excluding tert-OH is 2. The quantitative estimate of drug-likeness (QED) is 0.291. The van der Waals surface area contributed by atoms with Gasteiger partial charge in [-0.2, -0.15) is 18.4 Å². The Morgan fingerprint density at radius 3 is 2.48 bits per heavy atom. The fourth-order valence-corrected chi connectivity index (χ4v) is 4.93. The van der Waals surface area contributed by atoms with Gasteiger partial charge in [0.15, 0.2) is 5.79 Å². The fourth-order valence-electron chi connectivity index (χ4n) is 4.93. The van der Waals surface area contributed by atoms with Gasteiger partial charge in [0.05, 0.1) is 42.0 Å². The summed E-state index contributed by atoms with van der Waals surface area (Å²) < 4.78 is 58.9. The van der Waals surface area contributed by atoms with Crippen LogP contribution in [0.1, 0.15) is 42.2 Å². The van der Waals surface area contributed by atoms with Crippen LogP contribution in [0.2, 0.25) is 0 Å². The maximum absolute atomic E-state index is 13.1. The molecule has 0 saturated carbocycles. The largest absolute Gasteiger partial charge is 0.457 e. The van der Waals surface area contributed by atoms with Gasteiger partial charge in [0, 0.05) is 23.7 Å². The van der Waals surface area contributed by atoms with Crippen molar-refractivity contribution in [2.24, 2.45) is 0 Å². The smallest absolute Gasteiger partial charge is 0.417 e. The SMILES string of the molecule is CC1(C)OC[C@H](c2cccc3c2c(C[C@@H](O)CO)cn3-c2ccc(Oc3ccc(C(F)(F)F)c(C#N)c3)cc2)O1. The van der Waals surface area contributed by atoms with E-state index in [4.69, 9.17) is 19.5 Å². The molecule has 1 aliphatic rings. The summed E-state index contributed by atoms with van der Waals surface area (Å²) in [6.45, 7) is 3.70. The standard InChI is InChI=1S/C30H27F3N2O5/c1-29(2)38-17-27(40-29)24-4-3-5-26-28(24)19(12-21(37)16-36)15-35(26)20-6-8-22(9-7-20)39-23-10-11-25(30(31,32)33)18(13-23)14-34/h3-11,13,15,21,27,36-37H,12,16-17H2,1-2H3/t21-,27-/m1/s1. The first kappa shape index (κ1) is 27.7. The van der Waals surface area contributed by atoms with E-state index in [1.165, 1.54) is 6.07 Å². The molecule has 1 saturated heterocycles. The highest BCUT2D eigenvalue weighted by Crippen LogP contribution is 2.39. The van der Waals surface area contributed by atoms with Gasteiger partial charge in [-0.25, -0.2) is 0 Å². The van der Waals surface area contributed by atoms with Crippen molar-refractivity contribution in [3.8, 4) is 23.3 Å². The molecule has 0 amide bonds. The van der Waals surface area contributed by atoms with Gasteiger partial charge in [-0.05, 0) is 73.5 Å². The molecule has 0 aliphatic carbocycles. The number of alkyl halides is 3. The third kappa shape index (κ3) is 5.55. The third-order valence-electron chi connectivity index (χ3n) is 6.73. The minimum Gasteiger partial charge on any atom is -0.457 e. The highest BCUT2D eigenvalue weighted by atomic mass is 19.4. The summed E-state index contributed by atoms with van der Waals surface area (Å²) in [6, 6.07) is 17.4. The highest BCUT2D eigenvalue weighted by molar-refractivity contribution is 5.89. The van der Waals surface area contributed by atoms with E-state index < -0.39 is 29.2 Å². The Kier molecular flexibility index (Phi) is 7.33. The van der Waals surface area contributed by atoms with Gasteiger partial charge in [0.2, 0.25) is 0 Å². The molecule has 0 bridgehead atoms. The molecule has 3 aromatic carbocycles. The van der Waals surface area contributed by atoms with Crippen molar-refractivity contribution in [1.82, 2.24) is 4.57 Å². The molecule has 7 nitrogen and oxygen atoms in total. The Morgan fingerprint density at radius 1 is 1.12 bits per heavy atom. The average molecular weight is 553 g/mol. The van der Waals surface area contributed by atoms with Crippen LogP contribution in [0.3, 0.4) is 0 Å². The number of nitriles is 1. The van der Waals surface area contributed by atoms with Crippen molar-refractivity contribution < 1.29 is 37.6 Å². The normalized spacial score (nSPS) is 17.6. The maximum atomic E-state index is 13.1. The van der Waals surface area contributed by atoms with Crippen LogP contribution in [0.15, 0.2) is 66.9 Å². The van der Waals surface area contributed by atoms with Gasteiger partial charge in [-0.3, -0.25) is 0 Å². The number of aromatic nitrogens is 1. The molecule has 0 spiro atoms. The van der Waals surface area contributed by atoms with Crippen LogP contribution >= 0.6 is 0 Å². The minimum absolute atomic E-state index is 0.107. The third-order valence-corrected chi connectivity index (χ3v) is 6.73. The van der Waals surface area contributed by atoms with Crippen LogP contribution in [0.25, 0.3) is 16.6 Å². The number of rotatable bonds is 7. The van der Waals surface area contributed by atoms with Crippen molar-refractivity contribution in [2.45, 2.75) is 44.4 Å². The molecule has 40 heavy (non-hydrogen) atoms. The molecular weight excluding hydrogens is 525 g/mol. The van der Waals surface area contributed by atoms with Crippen molar-refractivity contribution in [2.75, 3.05) is 13.2 Å². The van der Waals surface area contributed by atoms with E-state index >= 15 is 0 Å². The van der Waals surface area contributed by atoms with Crippen LogP contribution in [-0.4, -0.2) is 39.9 Å². The van der Waals surface area contributed by atoms with E-state index in [1.54, 1.807) is 30.3 Å². The molecule has 208 valence electrons. The average Bonchev–Trinajstić information content (AvgIpc) is 3.48. The Morgan fingerprint density at radius 2 is 1.85 bits per heavy atom. The van der Waals surface area contributed by atoms with E-state index in [-0.39, 0.29) is 24.9 Å². The second-order valence-corrected chi connectivity index (χ2v) is 10.0. The first-order valence-electron chi connectivity index (χ1n) is 12.6. The summed E-state index contributed by atoms with van der Waals surface area (Å²) in [6.07, 6.45) is -3.76. The summed E-state index contributed by atoms with van der Waals surface area (Å²) in [4.78, 5) is 0. The van der Waals surface area contributed by atoms with Gasteiger partial charge >= 0.3 is 6.18 Å². The molecule has 2 atom stereocenters. The van der Waals surface area contributed by atoms with E-state index in [0.717, 1.165) is 39.8 Å². The van der Waals surface area contributed by atoms with E-state index in [0.29, 0.717) is 12.4 Å². The molecule has 1 aliphatic heterocycles. The van der Waals surface area contributed by atoms with Crippen LogP contribution in [0, 0.1) is 11.3 Å². The molecule has 2 N–H and O–H groups in total. The van der Waals surface area contributed by atoms with Crippen molar-refractivity contribution >= 4 is 10.9 Å². The lowest BCUT2D eigenvalue weighted by molar-refractivity contribution is -0.139. The monoisotopic (exact) mass is 552 g/mol. The fraction of sp³-hybridized carbons (Fsp3) is 0.300. The summed E-state index contributed by atoms with van der Waals surface area (Å²) in [5, 5.41) is 29.8. The number of aliphatic hydroxyl groups is 2. The molecule has 1 fully saturated rings. The molecule has 5 rings (SSSR count). The number of fused-ring (bicyclic) bond motifs is 1. The van der Waals surface area contributed by atoms with E-state index in [9.17, 15) is 23.4 Å². The highest BCUT2D eigenvalue weighted by Gasteiger charge is 2.35. The lowest BCUT2D eigenvalue weighted by atomic mass is 9.99. The Bertz CT molecular complexity index is 1570. The van der Waals surface area contributed by atoms with Crippen LogP contribution in [0.5, 0.6) is 11.5 Å². The lowest BCUT2D eigenvalue weighted by Crippen LogP contribution is -2.19. The topological polar surface area (TPSA) is 96.9 Å². The molecule has 2 heterocycles. The van der Waals surface area contributed by atoms with Gasteiger partial charge in [-0.15, -0.1) is 0 Å². The Balaban J connectivity index is 1.48. The van der Waals surface area contributed by atoms with Crippen molar-refractivity contribution in [3.63, 3.8) is 0 Å². The summed E-state index contributed by atoms with van der Waals surface area (Å²) in [5.41, 5.74) is 1.84. The summed E-state index contributed by atoms with van der Waals surface area (Å²) in [5.74, 6) is -0.244. The first-order valence-corrected chi connectivity index (χ1v) is 12.6. The van der Waals surface area contributed by atoms with Gasteiger partial charge in [0.25, 0.3) is 0 Å². The molecule has 1 aromatic heterocycles. The number of hydrogen-bond donors (Lipinski definition) is 2. The first-order chi connectivity index (χ1) is 19.0. The van der Waals surface area contributed by atoms with Crippen LogP contribution in [0.4, 0.5) is 13.2 Å². The number of ether oxygens (including phenoxy) is 3.